The van der Waals surface area contributed by atoms with Gasteiger partial charge in [0, 0.05) is 32.8 Å². The Balaban J connectivity index is 1.13. The van der Waals surface area contributed by atoms with E-state index >= 15 is 0 Å². The first-order valence-corrected chi connectivity index (χ1v) is 14.9. The second-order valence-electron chi connectivity index (χ2n) is 9.92. The van der Waals surface area contributed by atoms with E-state index in [1.165, 1.54) is 16.9 Å². The van der Waals surface area contributed by atoms with E-state index in [0.717, 1.165) is 44.0 Å². The van der Waals surface area contributed by atoms with E-state index in [0.29, 0.717) is 22.9 Å². The molecule has 6 nitrogen and oxygen atoms in total. The van der Waals surface area contributed by atoms with Crippen molar-refractivity contribution in [2.45, 2.75) is 13.5 Å². The maximum absolute atomic E-state index is 12.9. The number of nitrogens with one attached hydrogen (secondary N) is 2. The highest BCUT2D eigenvalue weighted by Crippen LogP contribution is 2.29. The third-order valence-electron chi connectivity index (χ3n) is 6.85. The number of benzene rings is 5. The fourth-order valence-corrected chi connectivity index (χ4v) is 5.38. The molecular weight excluding hydrogens is 576 g/mol. The fraction of sp³-hybridized carbons (Fsp3) is 0.0571. The Hall–Kier alpha value is -4.98. The first-order valence-electron chi connectivity index (χ1n) is 13.6. The van der Waals surface area contributed by atoms with Gasteiger partial charge in [-0.05, 0) is 65.7 Å². The Morgan fingerprint density at radius 3 is 2.49 bits per heavy atom. The largest absolute Gasteiger partial charge is 0.488 e. The van der Waals surface area contributed by atoms with E-state index in [2.05, 4.69) is 34.9 Å². The molecule has 5 aromatic carbocycles. The van der Waals surface area contributed by atoms with Gasteiger partial charge in [-0.1, -0.05) is 83.9 Å². The number of thiazole rings is 1. The number of halogens is 1. The molecule has 0 unspecified atom stereocenters. The molecule has 0 radical (unpaired) electrons. The predicted molar refractivity (Wildman–Crippen MR) is 177 cm³/mol. The normalized spacial score (nSPS) is 11.1. The van der Waals surface area contributed by atoms with Crippen LogP contribution in [0.25, 0.3) is 22.0 Å². The minimum absolute atomic E-state index is 0.313. The van der Waals surface area contributed by atoms with Gasteiger partial charge in [-0.2, -0.15) is 5.10 Å². The van der Waals surface area contributed by atoms with Crippen LogP contribution in [-0.2, 0) is 6.61 Å². The summed E-state index contributed by atoms with van der Waals surface area (Å²) in [5.74, 6) is 0.349. The number of hydrogen-bond acceptors (Lipinski definition) is 6. The Labute approximate surface area is 258 Å². The minimum Gasteiger partial charge on any atom is -0.488 e. The summed E-state index contributed by atoms with van der Waals surface area (Å²) >= 11 is 7.55. The van der Waals surface area contributed by atoms with Gasteiger partial charge in [-0.3, -0.25) is 4.79 Å². The zero-order valence-corrected chi connectivity index (χ0v) is 24.8. The summed E-state index contributed by atoms with van der Waals surface area (Å²) in [5.41, 5.74) is 8.87. The Bertz CT molecular complexity index is 1900. The molecule has 0 saturated heterocycles. The number of carbonyl (C=O) groups excluding carboxylic acids is 1. The van der Waals surface area contributed by atoms with Gasteiger partial charge in [0.25, 0.3) is 5.91 Å². The van der Waals surface area contributed by atoms with Crippen LogP contribution >= 0.6 is 22.9 Å². The second kappa shape index (κ2) is 12.9. The van der Waals surface area contributed by atoms with Crippen LogP contribution in [0.1, 0.15) is 27.0 Å². The lowest BCUT2D eigenvalue weighted by Crippen LogP contribution is -2.17. The summed E-state index contributed by atoms with van der Waals surface area (Å²) in [6.45, 7) is 2.43. The van der Waals surface area contributed by atoms with Crippen LogP contribution in [0.3, 0.4) is 0 Å². The van der Waals surface area contributed by atoms with Crippen molar-refractivity contribution in [1.82, 2.24) is 10.4 Å². The van der Waals surface area contributed by atoms with E-state index in [4.69, 9.17) is 21.3 Å². The molecule has 0 bridgehead atoms. The van der Waals surface area contributed by atoms with Crippen molar-refractivity contribution in [3.63, 3.8) is 0 Å². The standard InChI is InChI=1S/C35H27ClN4O2S/c1-23-6-17-29(18-7-23)38-35-39-32(22-43-35)26-10-12-27(13-11-26)34(41)40-37-20-31-30-5-3-2-4-25(30)14-19-33(31)42-21-24-8-15-28(36)16-9-24/h2-20,22H,21H2,1H3,(H,38,39)(H,40,41)/b37-20-. The number of hydrazone groups is 1. The van der Waals surface area contributed by atoms with Crippen LogP contribution in [0.5, 0.6) is 5.75 Å². The average molecular weight is 603 g/mol. The van der Waals surface area contributed by atoms with Crippen LogP contribution in [0, 0.1) is 6.92 Å². The van der Waals surface area contributed by atoms with Crippen LogP contribution in [0.15, 0.2) is 120 Å². The van der Waals surface area contributed by atoms with Crippen molar-refractivity contribution >= 4 is 56.7 Å². The summed E-state index contributed by atoms with van der Waals surface area (Å²) in [6.07, 6.45) is 1.63. The zero-order valence-electron chi connectivity index (χ0n) is 23.3. The van der Waals surface area contributed by atoms with Crippen molar-refractivity contribution in [1.29, 1.82) is 0 Å². The number of carbonyl (C=O) groups is 1. The highest BCUT2D eigenvalue weighted by atomic mass is 35.5. The molecule has 0 saturated carbocycles. The molecule has 0 aliphatic heterocycles. The average Bonchev–Trinajstić information content (AvgIpc) is 3.51. The molecule has 6 aromatic rings. The molecule has 0 fully saturated rings. The topological polar surface area (TPSA) is 75.6 Å². The number of fused-ring (bicyclic) bond motifs is 1. The SMILES string of the molecule is Cc1ccc(Nc2nc(-c3ccc(C(=O)N/N=C\c4c(OCc5ccc(Cl)cc5)ccc5ccccc45)cc3)cs2)cc1. The van der Waals surface area contributed by atoms with Gasteiger partial charge in [-0.25, -0.2) is 10.4 Å². The number of hydrogen-bond donors (Lipinski definition) is 2. The zero-order chi connectivity index (χ0) is 29.6. The van der Waals surface area contributed by atoms with Crippen molar-refractivity contribution in [3.8, 4) is 17.0 Å². The Morgan fingerprint density at radius 1 is 0.930 bits per heavy atom. The van der Waals surface area contributed by atoms with E-state index < -0.39 is 0 Å². The predicted octanol–water partition coefficient (Wildman–Crippen LogP) is 9.01. The molecular formula is C35H27ClN4O2S. The molecule has 43 heavy (non-hydrogen) atoms. The molecule has 1 aromatic heterocycles. The third kappa shape index (κ3) is 6.92. The lowest BCUT2D eigenvalue weighted by Gasteiger charge is -2.12. The number of amides is 1. The molecule has 0 atom stereocenters. The summed E-state index contributed by atoms with van der Waals surface area (Å²) in [5, 5.41) is 13.1. The van der Waals surface area contributed by atoms with Gasteiger partial charge >= 0.3 is 0 Å². The fourth-order valence-electron chi connectivity index (χ4n) is 4.51. The van der Waals surface area contributed by atoms with E-state index in [9.17, 15) is 4.79 Å². The van der Waals surface area contributed by atoms with Gasteiger partial charge in [0.15, 0.2) is 5.13 Å². The Kier molecular flexibility index (Phi) is 8.45. The maximum atomic E-state index is 12.9. The third-order valence-corrected chi connectivity index (χ3v) is 7.86. The molecule has 0 aliphatic rings. The number of ether oxygens (including phenoxy) is 1. The van der Waals surface area contributed by atoms with Crippen molar-refractivity contribution in [2.24, 2.45) is 5.10 Å². The van der Waals surface area contributed by atoms with Gasteiger partial charge in [-0.15, -0.1) is 11.3 Å². The molecule has 2 N–H and O–H groups in total. The molecule has 0 spiro atoms. The first-order chi connectivity index (χ1) is 21.0. The van der Waals surface area contributed by atoms with Crippen LogP contribution < -0.4 is 15.5 Å². The van der Waals surface area contributed by atoms with Crippen molar-refractivity contribution < 1.29 is 9.53 Å². The first kappa shape index (κ1) is 28.2. The highest BCUT2D eigenvalue weighted by molar-refractivity contribution is 7.14. The van der Waals surface area contributed by atoms with Crippen LogP contribution in [-0.4, -0.2) is 17.1 Å². The second-order valence-corrected chi connectivity index (χ2v) is 11.2. The summed E-state index contributed by atoms with van der Waals surface area (Å²) in [4.78, 5) is 17.6. The molecule has 0 aliphatic carbocycles. The van der Waals surface area contributed by atoms with Gasteiger partial charge in [0.2, 0.25) is 0 Å². The lowest BCUT2D eigenvalue weighted by molar-refractivity contribution is 0.0955. The molecule has 1 amide bonds. The molecule has 8 heteroatoms. The van der Waals surface area contributed by atoms with Crippen molar-refractivity contribution in [2.75, 3.05) is 5.32 Å². The van der Waals surface area contributed by atoms with E-state index in [-0.39, 0.29) is 5.91 Å². The smallest absolute Gasteiger partial charge is 0.271 e. The molecule has 1 heterocycles. The van der Waals surface area contributed by atoms with Crippen LogP contribution in [0.2, 0.25) is 5.02 Å². The minimum atomic E-state index is -0.313. The van der Waals surface area contributed by atoms with Crippen LogP contribution in [0.4, 0.5) is 10.8 Å². The van der Waals surface area contributed by atoms with E-state index in [1.807, 2.05) is 90.3 Å². The maximum Gasteiger partial charge on any atom is 0.271 e. The summed E-state index contributed by atoms with van der Waals surface area (Å²) in [6, 6.07) is 34.9. The monoisotopic (exact) mass is 602 g/mol. The number of nitrogens with zero attached hydrogens (tertiary/aromatic N) is 2. The lowest BCUT2D eigenvalue weighted by atomic mass is 10.0. The number of anilines is 2. The quantitative estimate of drug-likeness (QED) is 0.128. The molecule has 6 rings (SSSR count). The summed E-state index contributed by atoms with van der Waals surface area (Å²) < 4.78 is 6.15. The number of rotatable bonds is 9. The van der Waals surface area contributed by atoms with Gasteiger partial charge in [0.05, 0.1) is 11.9 Å². The van der Waals surface area contributed by atoms with Gasteiger partial charge in [0.1, 0.15) is 12.4 Å². The number of aryl methyl sites for hydroxylation is 1. The molecule has 212 valence electrons. The van der Waals surface area contributed by atoms with Gasteiger partial charge < -0.3 is 10.1 Å². The summed E-state index contributed by atoms with van der Waals surface area (Å²) in [7, 11) is 0. The highest BCUT2D eigenvalue weighted by Gasteiger charge is 2.10. The Morgan fingerprint density at radius 2 is 1.70 bits per heavy atom. The van der Waals surface area contributed by atoms with Crippen molar-refractivity contribution in [3.05, 3.63) is 142 Å². The number of aromatic nitrogens is 1. The van der Waals surface area contributed by atoms with E-state index in [1.54, 1.807) is 18.3 Å².